The minimum absolute atomic E-state index is 0.181. The monoisotopic (exact) mass is 294 g/mol. The van der Waals surface area contributed by atoms with Gasteiger partial charge in [0.2, 0.25) is 0 Å². The number of aryl methyl sites for hydroxylation is 1. The predicted octanol–water partition coefficient (Wildman–Crippen LogP) is 4.18. The minimum Gasteiger partial charge on any atom is -0.491 e. The molecule has 2 aromatic rings. The van der Waals surface area contributed by atoms with Gasteiger partial charge < -0.3 is 4.74 Å². The van der Waals surface area contributed by atoms with Crippen LogP contribution in [0, 0.1) is 6.92 Å². The first kappa shape index (κ1) is 14.3. The first-order valence-electron chi connectivity index (χ1n) is 6.12. The lowest BCUT2D eigenvalue weighted by atomic mass is 10.1. The fourth-order valence-electron chi connectivity index (χ4n) is 1.85. The van der Waals surface area contributed by atoms with Crippen molar-refractivity contribution >= 4 is 24.4 Å². The van der Waals surface area contributed by atoms with Crippen LogP contribution in [0.5, 0.6) is 5.75 Å². The van der Waals surface area contributed by atoms with Crippen LogP contribution in [0.3, 0.4) is 0 Å². The lowest BCUT2D eigenvalue weighted by Crippen LogP contribution is -2.06. The number of nitrogens with one attached hydrogen (secondary N) is 1. The summed E-state index contributed by atoms with van der Waals surface area (Å²) in [5, 5.41) is 8.20. The molecule has 0 saturated heterocycles. The zero-order valence-electron chi connectivity index (χ0n) is 11.5. The molecule has 1 heterocycles. The van der Waals surface area contributed by atoms with Crippen molar-refractivity contribution in [2.24, 2.45) is 0 Å². The Morgan fingerprint density at radius 2 is 2.11 bits per heavy atom. The maximum absolute atomic E-state index is 5.74. The highest BCUT2D eigenvalue weighted by Crippen LogP contribution is 2.33. The van der Waals surface area contributed by atoms with Crippen molar-refractivity contribution < 1.29 is 4.74 Å². The van der Waals surface area contributed by atoms with Crippen molar-refractivity contribution in [3.8, 4) is 17.0 Å². The molecule has 19 heavy (non-hydrogen) atoms. The Morgan fingerprint density at radius 3 is 2.63 bits per heavy atom. The lowest BCUT2D eigenvalue weighted by Gasteiger charge is -2.13. The molecule has 0 spiro atoms. The molecule has 0 aliphatic rings. The summed E-state index contributed by atoms with van der Waals surface area (Å²) in [7, 11) is 0. The molecule has 0 atom stereocenters. The Balaban J connectivity index is 2.36. The summed E-state index contributed by atoms with van der Waals surface area (Å²) < 4.78 is 5.74. The van der Waals surface area contributed by atoms with Gasteiger partial charge in [-0.25, -0.2) is 0 Å². The topological polar surface area (TPSA) is 37.9 Å². The number of nitrogens with zero attached hydrogens (tertiary/aromatic N) is 1. The van der Waals surface area contributed by atoms with Crippen molar-refractivity contribution in [1.29, 1.82) is 0 Å². The largest absolute Gasteiger partial charge is 0.491 e. The molecule has 0 aliphatic heterocycles. The molecule has 102 valence electrons. The normalized spacial score (nSPS) is 11.1. The second-order valence-electron chi connectivity index (χ2n) is 4.60. The van der Waals surface area contributed by atoms with Gasteiger partial charge in [-0.1, -0.05) is 0 Å². The van der Waals surface area contributed by atoms with Gasteiger partial charge in [0.1, 0.15) is 10.8 Å². The minimum atomic E-state index is 0.181. The van der Waals surface area contributed by atoms with Crippen molar-refractivity contribution in [3.63, 3.8) is 0 Å². The van der Waals surface area contributed by atoms with Gasteiger partial charge in [0.05, 0.1) is 16.7 Å². The standard InChI is InChI=1S/C14H18N2OS2/c1-8(2)17-11-6-5-10(7-9(11)3)12-13(18)14(19-4)16-15-12/h5-8,18H,1-4H3,(H,15,16). The Bertz CT molecular complexity index is 579. The van der Waals surface area contributed by atoms with Crippen LogP contribution in [0.2, 0.25) is 0 Å². The third-order valence-electron chi connectivity index (χ3n) is 2.73. The third-order valence-corrected chi connectivity index (χ3v) is 4.00. The first-order chi connectivity index (χ1) is 9.02. The van der Waals surface area contributed by atoms with E-state index in [0.29, 0.717) is 0 Å². The van der Waals surface area contributed by atoms with Gasteiger partial charge in [0.25, 0.3) is 0 Å². The van der Waals surface area contributed by atoms with E-state index in [4.69, 9.17) is 4.74 Å². The number of hydrogen-bond donors (Lipinski definition) is 2. The van der Waals surface area contributed by atoms with E-state index in [-0.39, 0.29) is 6.10 Å². The quantitative estimate of drug-likeness (QED) is 0.656. The summed E-state index contributed by atoms with van der Waals surface area (Å²) in [6.45, 7) is 6.10. The molecule has 0 unspecified atom stereocenters. The number of benzene rings is 1. The van der Waals surface area contributed by atoms with Crippen LogP contribution in [-0.2, 0) is 0 Å². The number of thioether (sulfide) groups is 1. The molecule has 0 amide bonds. The molecule has 3 nitrogen and oxygen atoms in total. The second-order valence-corrected chi connectivity index (χ2v) is 5.85. The fourth-order valence-corrected chi connectivity index (χ4v) is 2.79. The Morgan fingerprint density at radius 1 is 1.37 bits per heavy atom. The smallest absolute Gasteiger partial charge is 0.132 e. The number of aromatic amines is 1. The molecule has 0 fully saturated rings. The van der Waals surface area contributed by atoms with Gasteiger partial charge in [-0.3, -0.25) is 5.10 Å². The van der Waals surface area contributed by atoms with Gasteiger partial charge in [-0.2, -0.15) is 5.10 Å². The Kier molecular flexibility index (Phi) is 4.47. The molecule has 0 bridgehead atoms. The van der Waals surface area contributed by atoms with Gasteiger partial charge in [-0.05, 0) is 50.8 Å². The van der Waals surface area contributed by atoms with Crippen molar-refractivity contribution in [2.45, 2.75) is 36.8 Å². The Hall–Kier alpha value is -1.07. The van der Waals surface area contributed by atoms with Crippen LogP contribution in [0.25, 0.3) is 11.3 Å². The maximum Gasteiger partial charge on any atom is 0.132 e. The number of aromatic nitrogens is 2. The molecule has 0 saturated carbocycles. The molecule has 0 radical (unpaired) electrons. The number of rotatable bonds is 4. The lowest BCUT2D eigenvalue weighted by molar-refractivity contribution is 0.241. The van der Waals surface area contributed by atoms with Crippen LogP contribution in [-0.4, -0.2) is 22.6 Å². The number of hydrogen-bond acceptors (Lipinski definition) is 4. The highest BCUT2D eigenvalue weighted by Gasteiger charge is 2.12. The highest BCUT2D eigenvalue weighted by molar-refractivity contribution is 7.99. The van der Waals surface area contributed by atoms with Crippen LogP contribution < -0.4 is 4.74 Å². The predicted molar refractivity (Wildman–Crippen MR) is 83.6 cm³/mol. The number of H-pyrrole nitrogens is 1. The van der Waals surface area contributed by atoms with Crippen LogP contribution >= 0.6 is 24.4 Å². The third kappa shape index (κ3) is 3.09. The molecule has 2 rings (SSSR count). The summed E-state index contributed by atoms with van der Waals surface area (Å²) in [5.41, 5.74) is 3.14. The summed E-state index contributed by atoms with van der Waals surface area (Å²) in [4.78, 5) is 0.893. The van der Waals surface area contributed by atoms with E-state index < -0.39 is 0 Å². The Labute approximate surface area is 123 Å². The van der Waals surface area contributed by atoms with Crippen molar-refractivity contribution in [2.75, 3.05) is 6.26 Å². The summed E-state index contributed by atoms with van der Waals surface area (Å²) in [6.07, 6.45) is 2.17. The highest BCUT2D eigenvalue weighted by atomic mass is 32.2. The van der Waals surface area contributed by atoms with Crippen LogP contribution in [0.15, 0.2) is 28.1 Å². The molecular weight excluding hydrogens is 276 g/mol. The summed E-state index contributed by atoms with van der Waals surface area (Å²) in [6, 6.07) is 6.12. The first-order valence-corrected chi connectivity index (χ1v) is 7.79. The molecular formula is C14H18N2OS2. The second kappa shape index (κ2) is 5.92. The number of ether oxygens (including phenoxy) is 1. The average molecular weight is 294 g/mol. The van der Waals surface area contributed by atoms with E-state index >= 15 is 0 Å². The average Bonchev–Trinajstić information content (AvgIpc) is 2.72. The van der Waals surface area contributed by atoms with Crippen molar-refractivity contribution in [1.82, 2.24) is 10.2 Å². The molecule has 5 heteroatoms. The SMILES string of the molecule is CSc1n[nH]c(-c2ccc(OC(C)C)c(C)c2)c1S. The molecule has 0 aliphatic carbocycles. The van der Waals surface area contributed by atoms with E-state index in [1.807, 2.05) is 39.2 Å². The van der Waals surface area contributed by atoms with Gasteiger partial charge in [-0.15, -0.1) is 24.4 Å². The van der Waals surface area contributed by atoms with Crippen molar-refractivity contribution in [3.05, 3.63) is 23.8 Å². The zero-order valence-corrected chi connectivity index (χ0v) is 13.2. The molecule has 1 N–H and O–H groups in total. The fraction of sp³-hybridized carbons (Fsp3) is 0.357. The van der Waals surface area contributed by atoms with E-state index in [0.717, 1.165) is 32.5 Å². The van der Waals surface area contributed by atoms with E-state index in [1.54, 1.807) is 11.8 Å². The van der Waals surface area contributed by atoms with E-state index in [1.165, 1.54) is 0 Å². The van der Waals surface area contributed by atoms with E-state index in [9.17, 15) is 0 Å². The molecule has 1 aromatic carbocycles. The maximum atomic E-state index is 5.74. The zero-order chi connectivity index (χ0) is 14.0. The van der Waals surface area contributed by atoms with Crippen LogP contribution in [0.1, 0.15) is 19.4 Å². The summed E-state index contributed by atoms with van der Waals surface area (Å²) >= 11 is 6.11. The number of thiol groups is 1. The molecule has 1 aromatic heterocycles. The van der Waals surface area contributed by atoms with E-state index in [2.05, 4.69) is 28.9 Å². The van der Waals surface area contributed by atoms with Crippen LogP contribution in [0.4, 0.5) is 0 Å². The van der Waals surface area contributed by atoms with Gasteiger partial charge in [0, 0.05) is 5.56 Å². The van der Waals surface area contributed by atoms with Gasteiger partial charge in [0.15, 0.2) is 0 Å². The summed E-state index contributed by atoms with van der Waals surface area (Å²) in [5.74, 6) is 0.920. The van der Waals surface area contributed by atoms with Gasteiger partial charge >= 0.3 is 0 Å².